The van der Waals surface area contributed by atoms with Crippen LogP contribution in [0.2, 0.25) is 0 Å². The highest BCUT2D eigenvalue weighted by molar-refractivity contribution is 7.98. The summed E-state index contributed by atoms with van der Waals surface area (Å²) in [5.74, 6) is 1.68. The Morgan fingerprint density at radius 1 is 1.24 bits per heavy atom. The molecule has 0 spiro atoms. The van der Waals surface area contributed by atoms with Crippen LogP contribution in [0.3, 0.4) is 0 Å². The van der Waals surface area contributed by atoms with E-state index in [1.54, 1.807) is 18.8 Å². The predicted octanol–water partition coefficient (Wildman–Crippen LogP) is 3.83. The third-order valence-corrected chi connectivity index (χ3v) is 5.69. The molecule has 0 fully saturated rings. The van der Waals surface area contributed by atoms with Gasteiger partial charge < -0.3 is 10.2 Å². The highest BCUT2D eigenvalue weighted by atomic mass is 32.2. The van der Waals surface area contributed by atoms with Crippen molar-refractivity contribution in [2.75, 3.05) is 31.8 Å². The van der Waals surface area contributed by atoms with Gasteiger partial charge in [0.15, 0.2) is 0 Å². The van der Waals surface area contributed by atoms with E-state index < -0.39 is 0 Å². The molecule has 3 aromatic rings. The molecule has 0 atom stereocenters. The molecule has 2 heterocycles. The number of hydrogen-bond donors (Lipinski definition) is 3. The van der Waals surface area contributed by atoms with Gasteiger partial charge in [0.05, 0.1) is 29.7 Å². The topological polar surface area (TPSA) is 73.3 Å². The molecule has 1 aromatic carbocycles. The van der Waals surface area contributed by atoms with Crippen LogP contribution in [-0.4, -0.2) is 47.0 Å². The SMILES string of the molecule is CCNC(=NC)NSn1cc(-c2cccc(N(C)Cc3ccc(SC)cc3)n2)[nH]1. The van der Waals surface area contributed by atoms with Crippen LogP contribution >= 0.6 is 23.9 Å². The molecule has 0 radical (unpaired) electrons. The maximum Gasteiger partial charge on any atom is 0.202 e. The molecule has 3 N–H and O–H groups in total. The first-order chi connectivity index (χ1) is 14.1. The standard InChI is InChI=1S/C20H27N7S2/c1-5-22-20(21-2)25-29-27-14-18(24-27)17-7-6-8-19(23-17)26(3)13-15-9-11-16(28-4)12-10-15/h6-12,14,24H,5,13H2,1-4H3,(H2,21,22,25). The van der Waals surface area contributed by atoms with E-state index in [2.05, 4.69) is 62.6 Å². The molecule has 3 rings (SSSR count). The van der Waals surface area contributed by atoms with E-state index in [4.69, 9.17) is 4.98 Å². The number of pyridine rings is 1. The summed E-state index contributed by atoms with van der Waals surface area (Å²) < 4.78 is 5.03. The van der Waals surface area contributed by atoms with Gasteiger partial charge in [-0.15, -0.1) is 11.8 Å². The van der Waals surface area contributed by atoms with E-state index in [1.807, 2.05) is 35.4 Å². The van der Waals surface area contributed by atoms with Crippen molar-refractivity contribution in [3.8, 4) is 11.4 Å². The zero-order chi connectivity index (χ0) is 20.6. The van der Waals surface area contributed by atoms with Crippen molar-refractivity contribution in [2.24, 2.45) is 4.99 Å². The molecule has 0 aliphatic carbocycles. The fourth-order valence-corrected chi connectivity index (χ4v) is 3.75. The number of benzene rings is 1. The van der Waals surface area contributed by atoms with Crippen molar-refractivity contribution in [3.05, 3.63) is 54.2 Å². The Morgan fingerprint density at radius 3 is 2.66 bits per heavy atom. The van der Waals surface area contributed by atoms with Crippen LogP contribution in [0, 0.1) is 0 Å². The number of aromatic amines is 1. The number of anilines is 1. The van der Waals surface area contributed by atoms with Crippen LogP contribution in [0.5, 0.6) is 0 Å². The Bertz CT molecular complexity index is 918. The Labute approximate surface area is 180 Å². The fraction of sp³-hybridized carbons (Fsp3) is 0.300. The van der Waals surface area contributed by atoms with E-state index in [9.17, 15) is 0 Å². The van der Waals surface area contributed by atoms with Gasteiger partial charge in [0.2, 0.25) is 5.96 Å². The second kappa shape index (κ2) is 10.3. The van der Waals surface area contributed by atoms with Crippen molar-refractivity contribution in [1.29, 1.82) is 0 Å². The smallest absolute Gasteiger partial charge is 0.202 e. The highest BCUT2D eigenvalue weighted by Gasteiger charge is 2.10. The first-order valence-electron chi connectivity index (χ1n) is 9.35. The van der Waals surface area contributed by atoms with Crippen molar-refractivity contribution in [3.63, 3.8) is 0 Å². The second-order valence-electron chi connectivity index (χ2n) is 6.36. The number of nitrogens with zero attached hydrogens (tertiary/aromatic N) is 4. The van der Waals surface area contributed by atoms with Gasteiger partial charge in [0.1, 0.15) is 5.82 Å². The zero-order valence-corrected chi connectivity index (χ0v) is 18.8. The lowest BCUT2D eigenvalue weighted by atomic mass is 10.2. The summed E-state index contributed by atoms with van der Waals surface area (Å²) in [6.45, 7) is 3.67. The van der Waals surface area contributed by atoms with E-state index in [0.29, 0.717) is 0 Å². The molecule has 0 bridgehead atoms. The average molecular weight is 430 g/mol. The van der Waals surface area contributed by atoms with Crippen LogP contribution in [0.25, 0.3) is 11.4 Å². The maximum atomic E-state index is 4.80. The summed E-state index contributed by atoms with van der Waals surface area (Å²) in [6, 6.07) is 14.7. The molecule has 0 saturated heterocycles. The molecule has 0 unspecified atom stereocenters. The Morgan fingerprint density at radius 2 is 2.00 bits per heavy atom. The molecular weight excluding hydrogens is 402 g/mol. The quantitative estimate of drug-likeness (QED) is 0.219. The molecule has 2 aromatic heterocycles. The van der Waals surface area contributed by atoms with Crippen LogP contribution < -0.4 is 14.9 Å². The van der Waals surface area contributed by atoms with Crippen LogP contribution in [0.1, 0.15) is 12.5 Å². The number of nitrogens with one attached hydrogen (secondary N) is 3. The van der Waals surface area contributed by atoms with Crippen molar-refractivity contribution in [1.82, 2.24) is 24.2 Å². The van der Waals surface area contributed by atoms with Gasteiger partial charge in [0, 0.05) is 32.1 Å². The van der Waals surface area contributed by atoms with Gasteiger partial charge in [-0.2, -0.15) is 0 Å². The Balaban J connectivity index is 1.60. The van der Waals surface area contributed by atoms with Gasteiger partial charge in [0.25, 0.3) is 0 Å². The lowest BCUT2D eigenvalue weighted by Crippen LogP contribution is -2.34. The predicted molar refractivity (Wildman–Crippen MR) is 126 cm³/mol. The molecule has 0 saturated carbocycles. The molecule has 9 heteroatoms. The van der Waals surface area contributed by atoms with Crippen LogP contribution in [-0.2, 0) is 6.54 Å². The van der Waals surface area contributed by atoms with E-state index in [1.165, 1.54) is 22.6 Å². The van der Waals surface area contributed by atoms with Crippen molar-refractivity contribution < 1.29 is 0 Å². The number of H-pyrrole nitrogens is 1. The normalized spacial score (nSPS) is 11.5. The average Bonchev–Trinajstić information content (AvgIpc) is 2.72. The number of thioether (sulfide) groups is 1. The van der Waals surface area contributed by atoms with Crippen molar-refractivity contribution >= 4 is 35.7 Å². The molecule has 0 aliphatic rings. The van der Waals surface area contributed by atoms with Gasteiger partial charge in [-0.25, -0.2) is 9.07 Å². The summed E-state index contributed by atoms with van der Waals surface area (Å²) in [6.07, 6.45) is 4.10. The first kappa shape index (κ1) is 21.2. The summed E-state index contributed by atoms with van der Waals surface area (Å²) in [7, 11) is 3.81. The van der Waals surface area contributed by atoms with Gasteiger partial charge in [-0.1, -0.05) is 18.2 Å². The molecule has 154 valence electrons. The number of aliphatic imine (C=N–C) groups is 1. The summed E-state index contributed by atoms with van der Waals surface area (Å²) >= 11 is 3.17. The minimum Gasteiger partial charge on any atom is -0.356 e. The second-order valence-corrected chi connectivity index (χ2v) is 8.02. The zero-order valence-electron chi connectivity index (χ0n) is 17.1. The Kier molecular flexibility index (Phi) is 7.54. The fourth-order valence-electron chi connectivity index (χ4n) is 2.70. The van der Waals surface area contributed by atoms with E-state index >= 15 is 0 Å². The lowest BCUT2D eigenvalue weighted by molar-refractivity contribution is 0.875. The third kappa shape index (κ3) is 5.74. The van der Waals surface area contributed by atoms with E-state index in [-0.39, 0.29) is 0 Å². The lowest BCUT2D eigenvalue weighted by Gasteiger charge is -2.20. The number of guanidine groups is 1. The molecule has 0 amide bonds. The van der Waals surface area contributed by atoms with Crippen molar-refractivity contribution in [2.45, 2.75) is 18.4 Å². The Hall–Kier alpha value is -2.52. The maximum absolute atomic E-state index is 4.80. The minimum atomic E-state index is 0.744. The van der Waals surface area contributed by atoms with Crippen LogP contribution in [0.4, 0.5) is 5.82 Å². The monoisotopic (exact) mass is 429 g/mol. The summed E-state index contributed by atoms with van der Waals surface area (Å²) in [5, 5.41) is 6.42. The molecule has 0 aliphatic heterocycles. The van der Waals surface area contributed by atoms with E-state index in [0.717, 1.165) is 36.3 Å². The third-order valence-electron chi connectivity index (χ3n) is 4.27. The largest absolute Gasteiger partial charge is 0.356 e. The van der Waals surface area contributed by atoms with Crippen LogP contribution in [0.15, 0.2) is 58.5 Å². The molecular formula is C20H27N7S2. The number of hydrogen-bond acceptors (Lipinski definition) is 5. The molecule has 7 nitrogen and oxygen atoms in total. The number of rotatable bonds is 8. The summed E-state index contributed by atoms with van der Waals surface area (Å²) in [5.41, 5.74) is 3.17. The molecule has 29 heavy (non-hydrogen) atoms. The minimum absolute atomic E-state index is 0.744. The first-order valence-corrected chi connectivity index (χ1v) is 11.4. The van der Waals surface area contributed by atoms with Gasteiger partial charge in [-0.3, -0.25) is 14.8 Å². The number of aromatic nitrogens is 3. The van der Waals surface area contributed by atoms with Gasteiger partial charge >= 0.3 is 0 Å². The van der Waals surface area contributed by atoms with Gasteiger partial charge in [-0.05, 0) is 43.0 Å². The summed E-state index contributed by atoms with van der Waals surface area (Å²) in [4.78, 5) is 12.4. The highest BCUT2D eigenvalue weighted by Crippen LogP contribution is 2.22.